The van der Waals surface area contributed by atoms with Crippen LogP contribution in [0.15, 0.2) is 41.6 Å². The first-order valence-corrected chi connectivity index (χ1v) is 11.5. The van der Waals surface area contributed by atoms with Gasteiger partial charge >= 0.3 is 138 Å². The third kappa shape index (κ3) is 2.25. The first-order chi connectivity index (χ1) is 9.74. The van der Waals surface area contributed by atoms with Crippen molar-refractivity contribution in [2.24, 2.45) is 0 Å². The average Bonchev–Trinajstić information content (AvgIpc) is 2.80. The van der Waals surface area contributed by atoms with Gasteiger partial charge < -0.3 is 24.8 Å². The number of halogens is 2. The third-order valence-corrected chi connectivity index (χ3v) is 12.9. The van der Waals surface area contributed by atoms with Crippen LogP contribution in [-0.2, 0) is 24.7 Å². The zero-order valence-electron chi connectivity index (χ0n) is 12.9. The molecule has 0 amide bonds. The fraction of sp³-hybridized carbons (Fsp3) is 0.333. The molecule has 0 spiro atoms. The second kappa shape index (κ2) is 6.55. The smallest absolute Gasteiger partial charge is 1.00 e. The van der Waals surface area contributed by atoms with Gasteiger partial charge in [0.05, 0.1) is 0 Å². The molecule has 1 aromatic rings. The van der Waals surface area contributed by atoms with E-state index < -0.39 is 8.07 Å². The van der Waals surface area contributed by atoms with Crippen LogP contribution in [0.25, 0.3) is 10.8 Å². The van der Waals surface area contributed by atoms with Crippen molar-refractivity contribution >= 4 is 18.8 Å². The minimum atomic E-state index is -1.14. The quantitative estimate of drug-likeness (QED) is 0.544. The van der Waals surface area contributed by atoms with E-state index in [0.29, 0.717) is 0 Å². The van der Waals surface area contributed by atoms with Crippen molar-refractivity contribution in [1.82, 2.24) is 0 Å². The van der Waals surface area contributed by atoms with E-state index in [1.165, 1.54) is 17.7 Å². The molecule has 0 nitrogen and oxygen atoms in total. The maximum Gasteiger partial charge on any atom is -1.00 e. The molecular formula is C18H19Cl2SiZr. The minimum Gasteiger partial charge on any atom is -1.00 e. The van der Waals surface area contributed by atoms with Gasteiger partial charge in [-0.15, -0.1) is 0 Å². The van der Waals surface area contributed by atoms with Crippen LogP contribution in [0.4, 0.5) is 0 Å². The molecule has 0 bridgehead atoms. The third-order valence-electron chi connectivity index (χ3n) is 5.47. The number of allylic oxidation sites excluding steroid dienone is 5. The largest absolute Gasteiger partial charge is 1.00 e. The summed E-state index contributed by atoms with van der Waals surface area (Å²) >= 11 is 1.69. The maximum absolute atomic E-state index is 2.43. The van der Waals surface area contributed by atoms with E-state index in [2.05, 4.69) is 50.3 Å². The summed E-state index contributed by atoms with van der Waals surface area (Å²) in [7, 11) is -1.14. The fourth-order valence-electron chi connectivity index (χ4n) is 4.32. The number of benzene rings is 1. The van der Waals surface area contributed by atoms with E-state index in [-0.39, 0.29) is 24.8 Å². The summed E-state index contributed by atoms with van der Waals surface area (Å²) in [5, 5.41) is 3.79. The summed E-state index contributed by atoms with van der Waals surface area (Å²) in [6, 6.07) is 9.86. The fourth-order valence-corrected chi connectivity index (χ4v) is 12.7. The molecule has 4 rings (SSSR count). The minimum absolute atomic E-state index is 0. The van der Waals surface area contributed by atoms with Gasteiger partial charge in [-0.25, -0.2) is 0 Å². The Bertz CT molecular complexity index is 699. The molecule has 0 aromatic heterocycles. The van der Waals surface area contributed by atoms with Crippen LogP contribution < -0.4 is 24.8 Å². The Morgan fingerprint density at radius 1 is 1.18 bits per heavy atom. The van der Waals surface area contributed by atoms with Gasteiger partial charge in [0, 0.05) is 0 Å². The van der Waals surface area contributed by atoms with Crippen molar-refractivity contribution in [3.63, 3.8) is 0 Å². The zero-order chi connectivity index (χ0) is 13.9. The van der Waals surface area contributed by atoms with E-state index >= 15 is 0 Å². The number of rotatable bonds is 3. The van der Waals surface area contributed by atoms with E-state index in [1.807, 2.05) is 10.4 Å². The Hall–Kier alpha value is 0.120. The Balaban J connectivity index is 0.000000882. The normalized spacial score (nSPS) is 22.5. The Labute approximate surface area is 161 Å². The van der Waals surface area contributed by atoms with Crippen LogP contribution in [0.5, 0.6) is 0 Å². The Morgan fingerprint density at radius 2 is 1.91 bits per heavy atom. The van der Waals surface area contributed by atoms with Gasteiger partial charge in [0.1, 0.15) is 0 Å². The van der Waals surface area contributed by atoms with Gasteiger partial charge in [0.2, 0.25) is 0 Å². The molecule has 1 aliphatic heterocycles. The zero-order valence-corrected chi connectivity index (χ0v) is 17.9. The second-order valence-corrected chi connectivity index (χ2v) is 12.1. The molecule has 22 heavy (non-hydrogen) atoms. The van der Waals surface area contributed by atoms with Gasteiger partial charge in [-0.2, -0.15) is 0 Å². The monoisotopic (exact) mass is 423 g/mol. The number of hydrogen-bond acceptors (Lipinski definition) is 0. The van der Waals surface area contributed by atoms with Crippen LogP contribution in [0.2, 0.25) is 12.1 Å². The standard InChI is InChI=1S/C18H19Si.2ClH.Zr/c1-3-19(4-2)16-12-14-10-7-11-15(17(14)18(16)19)13-8-5-6-9-13;;;/h5-8,10-12H,3-4,9H2,1-2H3;2*1H;/q;;;+2/p-2. The van der Waals surface area contributed by atoms with Gasteiger partial charge in [-0.05, 0) is 0 Å². The Morgan fingerprint density at radius 3 is 2.50 bits per heavy atom. The second-order valence-electron chi connectivity index (χ2n) is 6.10. The maximum atomic E-state index is 2.43. The van der Waals surface area contributed by atoms with E-state index in [0.717, 1.165) is 10.0 Å². The van der Waals surface area contributed by atoms with Crippen molar-refractivity contribution in [1.29, 1.82) is 0 Å². The summed E-state index contributed by atoms with van der Waals surface area (Å²) in [5.41, 5.74) is 6.39. The SMILES string of the molecule is CC[Si]1(CC)C2=C1[CH]([Zr+2])c1cccc(C3=CC=CC3)c12.[Cl-].[Cl-]. The molecule has 0 radical (unpaired) electrons. The summed E-state index contributed by atoms with van der Waals surface area (Å²) < 4.78 is 0.786. The first-order valence-electron chi connectivity index (χ1n) is 7.70. The molecule has 0 fully saturated rings. The van der Waals surface area contributed by atoms with Gasteiger partial charge in [0.25, 0.3) is 0 Å². The van der Waals surface area contributed by atoms with Crippen molar-refractivity contribution < 1.29 is 49.5 Å². The predicted molar refractivity (Wildman–Crippen MR) is 84.6 cm³/mol. The molecular weight excluding hydrogens is 406 g/mol. The van der Waals surface area contributed by atoms with Crippen LogP contribution in [0.3, 0.4) is 0 Å². The van der Waals surface area contributed by atoms with Gasteiger partial charge in [-0.3, -0.25) is 0 Å². The predicted octanol–water partition coefficient (Wildman–Crippen LogP) is -1.03. The molecule has 113 valence electrons. The van der Waals surface area contributed by atoms with Crippen molar-refractivity contribution in [2.75, 3.05) is 0 Å². The first kappa shape index (κ1) is 18.5. The van der Waals surface area contributed by atoms with E-state index in [4.69, 9.17) is 0 Å². The molecule has 1 heterocycles. The van der Waals surface area contributed by atoms with E-state index in [9.17, 15) is 0 Å². The number of hydrogen-bond donors (Lipinski definition) is 0. The summed E-state index contributed by atoms with van der Waals surface area (Å²) in [5.74, 6) is 0. The molecule has 1 aromatic carbocycles. The molecule has 4 heteroatoms. The molecule has 0 saturated heterocycles. The van der Waals surface area contributed by atoms with Gasteiger partial charge in [0.15, 0.2) is 0 Å². The Kier molecular flexibility index (Phi) is 5.50. The molecule has 0 N–H and O–H groups in total. The molecule has 1 atom stereocenters. The van der Waals surface area contributed by atoms with Crippen LogP contribution in [0.1, 0.15) is 40.6 Å². The summed E-state index contributed by atoms with van der Waals surface area (Å²) in [4.78, 5) is 0. The average molecular weight is 426 g/mol. The van der Waals surface area contributed by atoms with Crippen molar-refractivity contribution in [3.8, 4) is 0 Å². The van der Waals surface area contributed by atoms with Crippen LogP contribution in [0, 0.1) is 0 Å². The van der Waals surface area contributed by atoms with E-state index in [1.54, 1.807) is 41.4 Å². The van der Waals surface area contributed by atoms with Gasteiger partial charge in [-0.1, -0.05) is 0 Å². The summed E-state index contributed by atoms with van der Waals surface area (Å²) in [6.45, 7) is 4.85. The number of fused-ring (bicyclic) bond motifs is 2. The summed E-state index contributed by atoms with van der Waals surface area (Å²) in [6.07, 6.45) is 7.93. The van der Waals surface area contributed by atoms with Crippen molar-refractivity contribution in [3.05, 3.63) is 58.3 Å². The van der Waals surface area contributed by atoms with Crippen LogP contribution in [-0.4, -0.2) is 8.07 Å². The van der Waals surface area contributed by atoms with Crippen molar-refractivity contribution in [2.45, 2.75) is 36.0 Å². The topological polar surface area (TPSA) is 0 Å². The van der Waals surface area contributed by atoms with Crippen LogP contribution >= 0.6 is 0 Å². The molecule has 2 aliphatic carbocycles. The molecule has 1 unspecified atom stereocenters. The molecule has 3 aliphatic rings. The molecule has 0 saturated carbocycles.